The van der Waals surface area contributed by atoms with Crippen molar-refractivity contribution in [3.8, 4) is 6.07 Å². The Hall–Kier alpha value is -2.35. The molecule has 1 aromatic rings. The van der Waals surface area contributed by atoms with Gasteiger partial charge in [0.1, 0.15) is 17.5 Å². The molecule has 0 aliphatic rings. The lowest BCUT2D eigenvalue weighted by Gasteiger charge is -2.33. The van der Waals surface area contributed by atoms with Crippen LogP contribution in [0, 0.1) is 22.6 Å². The lowest BCUT2D eigenvalue weighted by molar-refractivity contribution is -0.112. The van der Waals surface area contributed by atoms with Crippen molar-refractivity contribution in [1.82, 2.24) is 5.32 Å². The Balaban J connectivity index is 2.77. The molecule has 0 spiro atoms. The summed E-state index contributed by atoms with van der Waals surface area (Å²) in [6, 6.07) is 7.26. The molecule has 0 unspecified atom stereocenters. The van der Waals surface area contributed by atoms with Crippen LogP contribution >= 0.6 is 0 Å². The van der Waals surface area contributed by atoms with Crippen molar-refractivity contribution in [2.24, 2.45) is 5.41 Å². The minimum Gasteiger partial charge on any atom is -0.385 e. The van der Waals surface area contributed by atoms with Crippen LogP contribution in [0.4, 0.5) is 10.1 Å². The molecule has 0 aliphatic heterocycles. The van der Waals surface area contributed by atoms with Crippen molar-refractivity contribution in [3.05, 3.63) is 41.9 Å². The molecule has 0 saturated carbocycles. The topological polar surface area (TPSA) is 64.9 Å². The first-order valence-electron chi connectivity index (χ1n) is 7.47. The molecule has 0 aromatic heterocycles. The number of nitrogens with one attached hydrogen (secondary N) is 2. The monoisotopic (exact) mass is 317 g/mol. The fraction of sp³-hybridized carbons (Fsp3) is 0.444. The maximum atomic E-state index is 12.8. The van der Waals surface area contributed by atoms with Crippen molar-refractivity contribution >= 4 is 11.6 Å². The molecule has 0 aliphatic carbocycles. The first-order valence-corrected chi connectivity index (χ1v) is 7.47. The van der Waals surface area contributed by atoms with Gasteiger partial charge in [-0.1, -0.05) is 20.8 Å². The second kappa shape index (κ2) is 7.28. The zero-order chi connectivity index (χ0) is 17.7. The maximum absolute atomic E-state index is 12.8. The molecule has 0 radical (unpaired) electrons. The van der Waals surface area contributed by atoms with Gasteiger partial charge in [-0.25, -0.2) is 4.39 Å². The average molecular weight is 317 g/mol. The number of nitrogens with zero attached hydrogens (tertiary/aromatic N) is 1. The minimum absolute atomic E-state index is 0.0312. The average Bonchev–Trinajstić information content (AvgIpc) is 2.39. The Morgan fingerprint density at radius 1 is 1.22 bits per heavy atom. The summed E-state index contributed by atoms with van der Waals surface area (Å²) in [4.78, 5) is 12.1. The first kappa shape index (κ1) is 18.7. The predicted molar refractivity (Wildman–Crippen MR) is 90.0 cm³/mol. The standard InChI is InChI=1S/C18H24FN3O/c1-17(2,3)12-18(4,5)21-11-13(10-20)16(23)22-15-8-6-14(19)7-9-15/h6-9,11,21H,12H2,1-5H3,(H,22,23)/b13-11-. The van der Waals surface area contributed by atoms with Crippen LogP contribution in [0.3, 0.4) is 0 Å². The van der Waals surface area contributed by atoms with E-state index in [1.165, 1.54) is 30.5 Å². The highest BCUT2D eigenvalue weighted by molar-refractivity contribution is 6.06. The molecular weight excluding hydrogens is 293 g/mol. The fourth-order valence-corrected chi connectivity index (χ4v) is 2.52. The quantitative estimate of drug-likeness (QED) is 0.638. The van der Waals surface area contributed by atoms with Crippen LogP contribution in [0.15, 0.2) is 36.0 Å². The number of rotatable bonds is 5. The number of anilines is 1. The second-order valence-electron chi connectivity index (χ2n) is 7.40. The molecule has 4 nitrogen and oxygen atoms in total. The van der Waals surface area contributed by atoms with E-state index in [4.69, 9.17) is 5.26 Å². The van der Waals surface area contributed by atoms with Crippen molar-refractivity contribution in [3.63, 3.8) is 0 Å². The van der Waals surface area contributed by atoms with Crippen molar-refractivity contribution in [2.45, 2.75) is 46.6 Å². The van der Waals surface area contributed by atoms with E-state index in [1.54, 1.807) is 0 Å². The molecule has 1 rings (SSSR count). The third-order valence-electron chi connectivity index (χ3n) is 3.05. The van der Waals surface area contributed by atoms with Gasteiger partial charge in [-0.15, -0.1) is 0 Å². The molecule has 1 amide bonds. The first-order chi connectivity index (χ1) is 10.5. The van der Waals surface area contributed by atoms with Gasteiger partial charge in [0.15, 0.2) is 0 Å². The number of hydrogen-bond donors (Lipinski definition) is 2. The van der Waals surface area contributed by atoms with E-state index in [0.29, 0.717) is 5.69 Å². The van der Waals surface area contributed by atoms with Crippen LogP contribution in [0.2, 0.25) is 0 Å². The van der Waals surface area contributed by atoms with Crippen LogP contribution in [0.5, 0.6) is 0 Å². The second-order valence-corrected chi connectivity index (χ2v) is 7.40. The van der Waals surface area contributed by atoms with Gasteiger partial charge in [-0.3, -0.25) is 4.79 Å². The van der Waals surface area contributed by atoms with Gasteiger partial charge >= 0.3 is 0 Å². The van der Waals surface area contributed by atoms with Crippen LogP contribution < -0.4 is 10.6 Å². The normalized spacial score (nSPS) is 12.5. The summed E-state index contributed by atoms with van der Waals surface area (Å²) in [5, 5.41) is 14.9. The summed E-state index contributed by atoms with van der Waals surface area (Å²) < 4.78 is 12.8. The third-order valence-corrected chi connectivity index (χ3v) is 3.05. The van der Waals surface area contributed by atoms with E-state index >= 15 is 0 Å². The number of carbonyl (C=O) groups is 1. The lowest BCUT2D eigenvalue weighted by atomic mass is 9.82. The summed E-state index contributed by atoms with van der Waals surface area (Å²) in [5.74, 6) is -0.914. The van der Waals surface area contributed by atoms with Gasteiger partial charge in [-0.2, -0.15) is 5.26 Å². The SMILES string of the molecule is CC(C)(C)CC(C)(C)N/C=C(/C#N)C(=O)Nc1ccc(F)cc1. The molecule has 0 bridgehead atoms. The molecule has 0 fully saturated rings. The highest BCUT2D eigenvalue weighted by Gasteiger charge is 2.24. The molecular formula is C18H24FN3O. The Morgan fingerprint density at radius 3 is 2.26 bits per heavy atom. The molecule has 5 heteroatoms. The maximum Gasteiger partial charge on any atom is 0.267 e. The van der Waals surface area contributed by atoms with Gasteiger partial charge in [0.2, 0.25) is 0 Å². The van der Waals surface area contributed by atoms with Crippen LogP contribution in [-0.2, 0) is 4.79 Å². The minimum atomic E-state index is -0.529. The van der Waals surface area contributed by atoms with E-state index in [0.717, 1.165) is 6.42 Å². The number of amides is 1. The van der Waals surface area contributed by atoms with Crippen LogP contribution in [-0.4, -0.2) is 11.4 Å². The highest BCUT2D eigenvalue weighted by Crippen LogP contribution is 2.26. The van der Waals surface area contributed by atoms with Crippen molar-refractivity contribution in [2.75, 3.05) is 5.32 Å². The largest absolute Gasteiger partial charge is 0.385 e. The van der Waals surface area contributed by atoms with Crippen molar-refractivity contribution in [1.29, 1.82) is 5.26 Å². The Morgan fingerprint density at radius 2 is 1.78 bits per heavy atom. The number of benzene rings is 1. The Bertz CT molecular complexity index is 619. The van der Waals surface area contributed by atoms with Crippen molar-refractivity contribution < 1.29 is 9.18 Å². The van der Waals surface area contributed by atoms with Gasteiger partial charge in [0.25, 0.3) is 5.91 Å². The molecule has 0 saturated heterocycles. The number of nitriles is 1. The third kappa shape index (κ3) is 6.96. The van der Waals surface area contributed by atoms with E-state index in [-0.39, 0.29) is 22.3 Å². The summed E-state index contributed by atoms with van der Waals surface area (Å²) in [7, 11) is 0. The van der Waals surface area contributed by atoms with Gasteiger partial charge in [0.05, 0.1) is 0 Å². The zero-order valence-corrected chi connectivity index (χ0v) is 14.3. The number of carbonyl (C=O) groups excluding carboxylic acids is 1. The molecule has 0 atom stereocenters. The molecule has 124 valence electrons. The summed E-state index contributed by atoms with van der Waals surface area (Å²) in [5.41, 5.74) is 0.270. The van der Waals surface area contributed by atoms with Gasteiger partial charge in [-0.05, 0) is 49.9 Å². The summed E-state index contributed by atoms with van der Waals surface area (Å²) in [6.45, 7) is 10.4. The Labute approximate surface area is 137 Å². The molecule has 23 heavy (non-hydrogen) atoms. The zero-order valence-electron chi connectivity index (χ0n) is 14.3. The van der Waals surface area contributed by atoms with Crippen LogP contribution in [0.25, 0.3) is 0 Å². The Kier molecular flexibility index (Phi) is 5.91. The van der Waals surface area contributed by atoms with Crippen LogP contribution in [0.1, 0.15) is 41.0 Å². The van der Waals surface area contributed by atoms with Gasteiger partial charge < -0.3 is 10.6 Å². The molecule has 0 heterocycles. The summed E-state index contributed by atoms with van der Waals surface area (Å²) >= 11 is 0. The fourth-order valence-electron chi connectivity index (χ4n) is 2.52. The van der Waals surface area contributed by atoms with E-state index < -0.39 is 5.91 Å². The molecule has 2 N–H and O–H groups in total. The smallest absolute Gasteiger partial charge is 0.267 e. The highest BCUT2D eigenvalue weighted by atomic mass is 19.1. The lowest BCUT2D eigenvalue weighted by Crippen LogP contribution is -2.39. The predicted octanol–water partition coefficient (Wildman–Crippen LogP) is 3.98. The van der Waals surface area contributed by atoms with E-state index in [9.17, 15) is 9.18 Å². The molecule has 1 aromatic carbocycles. The number of hydrogen-bond acceptors (Lipinski definition) is 3. The summed E-state index contributed by atoms with van der Waals surface area (Å²) in [6.07, 6.45) is 2.30. The van der Waals surface area contributed by atoms with E-state index in [1.807, 2.05) is 19.9 Å². The number of halogens is 1. The van der Waals surface area contributed by atoms with Gasteiger partial charge in [0, 0.05) is 17.4 Å². The van der Waals surface area contributed by atoms with E-state index in [2.05, 4.69) is 31.4 Å².